The summed E-state index contributed by atoms with van der Waals surface area (Å²) in [6.45, 7) is -0.447. The summed E-state index contributed by atoms with van der Waals surface area (Å²) in [4.78, 5) is 59.2. The fourth-order valence-corrected chi connectivity index (χ4v) is 2.62. The van der Waals surface area contributed by atoms with E-state index in [1.165, 1.54) is 23.2 Å². The molecule has 1 fully saturated rings. The van der Waals surface area contributed by atoms with Crippen LogP contribution in [0.1, 0.15) is 6.23 Å². The topological polar surface area (TPSA) is 309 Å². The van der Waals surface area contributed by atoms with Gasteiger partial charge in [0.05, 0.1) is 12.9 Å². The fraction of sp³-hybridized carbons (Fsp3) is 0.357. The smallest absolute Gasteiger partial charge is 0.394 e. The van der Waals surface area contributed by atoms with Crippen LogP contribution in [0.4, 0.5) is 11.8 Å². The number of nitrogen functional groups attached to an aromatic ring is 2. The molecular formula is C14H21N8O10P. The highest BCUT2D eigenvalue weighted by atomic mass is 31.2. The molecule has 0 bridgehead atoms. The number of fused-ring (bicyclic) bond motifs is 1. The predicted octanol–water partition coefficient (Wildman–Crippen LogP) is -4.26. The summed E-state index contributed by atoms with van der Waals surface area (Å²) in [6.07, 6.45) is -1.77. The molecule has 0 aliphatic carbocycles. The SMILES string of the molecule is Nc1cc[nH]c(=O)n1.Nc1nc2c(ncn2[C@@H]2O[C@H](CO)[C@@H](O)[C@H]2O)c(=O)[nH]1.O=P(O)(O)O. The van der Waals surface area contributed by atoms with Gasteiger partial charge in [-0.3, -0.25) is 14.3 Å². The van der Waals surface area contributed by atoms with Gasteiger partial charge in [0.2, 0.25) is 5.95 Å². The molecule has 18 nitrogen and oxygen atoms in total. The Morgan fingerprint density at radius 3 is 2.27 bits per heavy atom. The molecule has 4 heterocycles. The van der Waals surface area contributed by atoms with Gasteiger partial charge in [0.25, 0.3) is 5.56 Å². The molecule has 3 aromatic heterocycles. The summed E-state index contributed by atoms with van der Waals surface area (Å²) in [7, 11) is -4.64. The molecule has 4 atom stereocenters. The van der Waals surface area contributed by atoms with Crippen molar-refractivity contribution in [2.75, 3.05) is 18.1 Å². The van der Waals surface area contributed by atoms with Crippen LogP contribution in [0.3, 0.4) is 0 Å². The third-order valence-corrected chi connectivity index (χ3v) is 3.93. The average Bonchev–Trinajstić information content (AvgIpc) is 3.22. The normalized spacial score (nSPS) is 22.2. The highest BCUT2D eigenvalue weighted by Crippen LogP contribution is 2.30. The van der Waals surface area contributed by atoms with Crippen molar-refractivity contribution >= 4 is 30.8 Å². The maximum absolute atomic E-state index is 11.7. The Labute approximate surface area is 182 Å². The van der Waals surface area contributed by atoms with Crippen LogP contribution in [0.15, 0.2) is 28.2 Å². The van der Waals surface area contributed by atoms with Crippen molar-refractivity contribution in [3.63, 3.8) is 0 Å². The van der Waals surface area contributed by atoms with E-state index < -0.39 is 50.2 Å². The van der Waals surface area contributed by atoms with Gasteiger partial charge in [0, 0.05) is 6.20 Å². The van der Waals surface area contributed by atoms with E-state index in [1.807, 2.05) is 0 Å². The van der Waals surface area contributed by atoms with Crippen LogP contribution in [-0.2, 0) is 9.30 Å². The summed E-state index contributed by atoms with van der Waals surface area (Å²) in [5.41, 5.74) is 9.83. The number of aliphatic hydroxyl groups is 3. The molecule has 19 heteroatoms. The first-order valence-electron chi connectivity index (χ1n) is 8.76. The summed E-state index contributed by atoms with van der Waals surface area (Å²) < 4.78 is 15.5. The molecule has 0 radical (unpaired) electrons. The molecule has 3 aromatic rings. The van der Waals surface area contributed by atoms with Crippen molar-refractivity contribution < 1.29 is 39.3 Å². The van der Waals surface area contributed by atoms with Crippen molar-refractivity contribution in [1.82, 2.24) is 29.5 Å². The zero-order valence-electron chi connectivity index (χ0n) is 16.5. The van der Waals surface area contributed by atoms with Gasteiger partial charge in [0.1, 0.15) is 24.1 Å². The summed E-state index contributed by atoms with van der Waals surface area (Å²) >= 11 is 0. The summed E-state index contributed by atoms with van der Waals surface area (Å²) in [5, 5.41) is 28.7. The first-order chi connectivity index (χ1) is 15.3. The molecule has 0 amide bonds. The number of nitrogens with zero attached hydrogens (tertiary/aromatic N) is 4. The minimum atomic E-state index is -4.64. The number of anilines is 2. The molecule has 4 rings (SSSR count). The number of aromatic nitrogens is 6. The van der Waals surface area contributed by atoms with Crippen molar-refractivity contribution in [1.29, 1.82) is 0 Å². The van der Waals surface area contributed by atoms with E-state index in [-0.39, 0.29) is 22.9 Å². The maximum Gasteiger partial charge on any atom is 0.466 e. The van der Waals surface area contributed by atoms with E-state index >= 15 is 0 Å². The molecule has 0 aromatic carbocycles. The third-order valence-electron chi connectivity index (χ3n) is 3.93. The van der Waals surface area contributed by atoms with Crippen LogP contribution >= 0.6 is 7.82 Å². The largest absolute Gasteiger partial charge is 0.466 e. The number of ether oxygens (including phenoxy) is 1. The summed E-state index contributed by atoms with van der Waals surface area (Å²) in [5.74, 6) is 0.143. The Balaban J connectivity index is 0.000000244. The van der Waals surface area contributed by atoms with Gasteiger partial charge in [-0.05, 0) is 6.07 Å². The van der Waals surface area contributed by atoms with Crippen LogP contribution in [0.5, 0.6) is 0 Å². The average molecular weight is 492 g/mol. The number of H-pyrrole nitrogens is 2. The van der Waals surface area contributed by atoms with Gasteiger partial charge in [-0.1, -0.05) is 0 Å². The first-order valence-corrected chi connectivity index (χ1v) is 10.3. The Bertz CT molecular complexity index is 1230. The second-order valence-electron chi connectivity index (χ2n) is 6.34. The van der Waals surface area contributed by atoms with Crippen molar-refractivity contribution in [3.05, 3.63) is 39.4 Å². The molecule has 0 unspecified atom stereocenters. The number of nitrogens with two attached hydrogens (primary N) is 2. The molecule has 1 saturated heterocycles. The van der Waals surface area contributed by atoms with Crippen LogP contribution in [0, 0.1) is 0 Å². The lowest BCUT2D eigenvalue weighted by Crippen LogP contribution is -2.33. The number of aromatic amines is 2. The number of rotatable bonds is 2. The van der Waals surface area contributed by atoms with E-state index in [4.69, 9.17) is 40.6 Å². The molecule has 33 heavy (non-hydrogen) atoms. The molecule has 1 aliphatic heterocycles. The zero-order valence-corrected chi connectivity index (χ0v) is 17.4. The molecule has 182 valence electrons. The van der Waals surface area contributed by atoms with Crippen LogP contribution < -0.4 is 22.7 Å². The minimum absolute atomic E-state index is 0.0388. The molecule has 0 spiro atoms. The van der Waals surface area contributed by atoms with E-state index in [0.29, 0.717) is 0 Å². The van der Waals surface area contributed by atoms with E-state index in [0.717, 1.165) is 0 Å². The highest BCUT2D eigenvalue weighted by molar-refractivity contribution is 7.45. The van der Waals surface area contributed by atoms with Gasteiger partial charge in [0.15, 0.2) is 17.4 Å². The van der Waals surface area contributed by atoms with Crippen molar-refractivity contribution in [2.24, 2.45) is 0 Å². The van der Waals surface area contributed by atoms with Gasteiger partial charge in [-0.15, -0.1) is 0 Å². The van der Waals surface area contributed by atoms with E-state index in [2.05, 4.69) is 24.9 Å². The lowest BCUT2D eigenvalue weighted by atomic mass is 10.1. The van der Waals surface area contributed by atoms with Gasteiger partial charge < -0.3 is 51.2 Å². The summed E-state index contributed by atoms with van der Waals surface area (Å²) in [6, 6.07) is 1.52. The van der Waals surface area contributed by atoms with Gasteiger partial charge in [-0.2, -0.15) is 9.97 Å². The van der Waals surface area contributed by atoms with E-state index in [9.17, 15) is 19.8 Å². The number of phosphoric acid groups is 1. The van der Waals surface area contributed by atoms with Crippen molar-refractivity contribution in [2.45, 2.75) is 24.5 Å². The van der Waals surface area contributed by atoms with Crippen molar-refractivity contribution in [3.8, 4) is 0 Å². The number of imidazole rings is 1. The lowest BCUT2D eigenvalue weighted by Gasteiger charge is -2.16. The first kappa shape index (κ1) is 26.0. The predicted molar refractivity (Wildman–Crippen MR) is 109 cm³/mol. The molecule has 1 aliphatic rings. The Kier molecular flexibility index (Phi) is 8.36. The molecule has 0 saturated carbocycles. The quantitative estimate of drug-likeness (QED) is 0.151. The van der Waals surface area contributed by atoms with Gasteiger partial charge >= 0.3 is 13.5 Å². The second kappa shape index (κ2) is 10.6. The molecular weight excluding hydrogens is 471 g/mol. The third kappa shape index (κ3) is 7.14. The number of nitrogens with one attached hydrogen (secondary N) is 2. The Hall–Kier alpha value is -3.22. The zero-order chi connectivity index (χ0) is 24.9. The number of hydrogen-bond acceptors (Lipinski definition) is 12. The van der Waals surface area contributed by atoms with E-state index in [1.54, 1.807) is 0 Å². The second-order valence-corrected chi connectivity index (χ2v) is 7.36. The number of aliphatic hydroxyl groups excluding tert-OH is 3. The Morgan fingerprint density at radius 2 is 1.79 bits per heavy atom. The monoisotopic (exact) mass is 492 g/mol. The highest BCUT2D eigenvalue weighted by Gasteiger charge is 2.44. The maximum atomic E-state index is 11.7. The standard InChI is InChI=1S/C10H13N5O5.C4H5N3O.H3O4P/c11-10-13-7-4(8(19)14-10)12-2-15(7)9-6(18)5(17)3(1-16)20-9;5-3-1-2-6-4(8)7-3;1-5(2,3)4/h2-3,5-6,9,16-18H,1H2,(H3,11,13,14,19);1-2H,(H3,5,6,7,8);(H3,1,2,3,4)/t3-,5-,6-,9-;;/m1../s1. The Morgan fingerprint density at radius 1 is 1.15 bits per heavy atom. The molecule has 12 N–H and O–H groups in total. The van der Waals surface area contributed by atoms with Gasteiger partial charge in [-0.25, -0.2) is 14.3 Å². The lowest BCUT2D eigenvalue weighted by molar-refractivity contribution is -0.0511. The van der Waals surface area contributed by atoms with Crippen LogP contribution in [0.25, 0.3) is 11.2 Å². The number of hydrogen-bond donors (Lipinski definition) is 10. The fourth-order valence-electron chi connectivity index (χ4n) is 2.62. The van der Waals surface area contributed by atoms with Crippen LogP contribution in [-0.4, -0.2) is 84.4 Å². The van der Waals surface area contributed by atoms with Crippen LogP contribution in [0.2, 0.25) is 0 Å². The minimum Gasteiger partial charge on any atom is -0.394 e.